The van der Waals surface area contributed by atoms with Crippen LogP contribution in [0.15, 0.2) is 0 Å². The van der Waals surface area contributed by atoms with Crippen molar-refractivity contribution in [1.29, 1.82) is 0 Å². The Balaban J connectivity index is 0.000000758. The average molecular weight is 712 g/mol. The molecule has 0 bridgehead atoms. The van der Waals surface area contributed by atoms with Gasteiger partial charge in [0.25, 0.3) is 0 Å². The van der Waals surface area contributed by atoms with E-state index < -0.39 is 113 Å². The maximum absolute atomic E-state index is 10.3. The van der Waals surface area contributed by atoms with Gasteiger partial charge in [0.1, 0.15) is 60.9 Å². The number of ether oxygens (including phenoxy) is 3. The van der Waals surface area contributed by atoms with Gasteiger partial charge in [-0.05, 0) is 0 Å². The third-order valence-corrected chi connectivity index (χ3v) is 7.67. The fraction of sp³-hybridized carbons (Fsp3) is 0.889. The Morgan fingerprint density at radius 1 is 0.756 bits per heavy atom. The first-order valence-corrected chi connectivity index (χ1v) is 16.0. The minimum absolute atomic E-state index is 0.229. The molecule has 0 aromatic rings. The second-order valence-electron chi connectivity index (χ2n) is 8.22. The number of aliphatic carboxylic acids is 2. The molecular weight excluding hydrogens is 675 g/mol. The van der Waals surface area contributed by atoms with Crippen LogP contribution in [-0.2, 0) is 27.6 Å². The fourth-order valence-electron chi connectivity index (χ4n) is 2.96. The van der Waals surface area contributed by atoms with E-state index in [0.29, 0.717) is 0 Å². The van der Waals surface area contributed by atoms with Gasteiger partial charge in [0.05, 0.1) is 13.2 Å². The van der Waals surface area contributed by atoms with E-state index in [0.717, 1.165) is 0 Å². The van der Waals surface area contributed by atoms with Gasteiger partial charge in [-0.15, -0.1) is 0 Å². The first-order valence-electron chi connectivity index (χ1n) is 11.3. The van der Waals surface area contributed by atoms with Crippen LogP contribution in [0, 0.1) is 0 Å². The van der Waals surface area contributed by atoms with Crippen LogP contribution in [-0.4, -0.2) is 184 Å². The molecule has 0 spiro atoms. The second-order valence-corrected chi connectivity index (χ2v) is 11.7. The third-order valence-electron chi connectivity index (χ3n) is 5.19. The molecule has 2 fully saturated rings. The molecule has 41 heavy (non-hydrogen) atoms. The number of aliphatic hydroxyl groups is 8. The van der Waals surface area contributed by atoms with Gasteiger partial charge in [-0.25, -0.2) is 0 Å². The predicted octanol–water partition coefficient (Wildman–Crippen LogP) is -7.82. The van der Waals surface area contributed by atoms with Crippen molar-refractivity contribution in [3.05, 3.63) is 0 Å². The molecule has 2 rings (SSSR count). The van der Waals surface area contributed by atoms with E-state index >= 15 is 0 Å². The first kappa shape index (κ1) is 40.4. The van der Waals surface area contributed by atoms with E-state index in [9.17, 15) is 45.3 Å². The van der Waals surface area contributed by atoms with Crippen LogP contribution in [0.4, 0.5) is 0 Å². The molecule has 2 aliphatic heterocycles. The van der Waals surface area contributed by atoms with Crippen LogP contribution in [0.25, 0.3) is 0 Å². The summed E-state index contributed by atoms with van der Waals surface area (Å²) >= 11 is -3.29. The molecule has 16 N–H and O–H groups in total. The zero-order valence-corrected chi connectivity index (χ0v) is 24.3. The van der Waals surface area contributed by atoms with E-state index in [4.69, 9.17) is 53.2 Å². The van der Waals surface area contributed by atoms with Gasteiger partial charge in [0, 0.05) is 11.5 Å². The van der Waals surface area contributed by atoms with E-state index in [-0.39, 0.29) is 11.5 Å². The Morgan fingerprint density at radius 2 is 1.20 bits per heavy atom. The Labute approximate surface area is 244 Å². The van der Waals surface area contributed by atoms with Gasteiger partial charge in [-0.2, -0.15) is 0 Å². The summed E-state index contributed by atoms with van der Waals surface area (Å²) in [6.07, 6.45) is -15.6. The van der Waals surface area contributed by atoms with E-state index in [1.54, 1.807) is 0 Å². The van der Waals surface area contributed by atoms with Crippen molar-refractivity contribution in [3.63, 3.8) is 0 Å². The van der Waals surface area contributed by atoms with Crippen LogP contribution >= 0.6 is 21.6 Å². The molecule has 0 aliphatic carbocycles. The predicted molar refractivity (Wildman–Crippen MR) is 136 cm³/mol. The van der Waals surface area contributed by atoms with Crippen molar-refractivity contribution in [1.82, 2.24) is 0 Å². The van der Waals surface area contributed by atoms with Crippen LogP contribution < -0.4 is 11.5 Å². The van der Waals surface area contributed by atoms with Crippen LogP contribution in [0.2, 0.25) is 0 Å². The molecule has 244 valence electrons. The fourth-order valence-corrected chi connectivity index (χ4v) is 5.18. The monoisotopic (exact) mass is 712 g/mol. The zero-order chi connectivity index (χ0) is 32.0. The normalized spacial score (nSPS) is 34.9. The minimum Gasteiger partial charge on any atom is -0.394 e. The number of aliphatic hydroxyl groups excluding tert-OH is 8. The molecule has 2 saturated heterocycles. The molecule has 12 atom stereocenters. The molecule has 20 nitrogen and oxygen atoms in total. The number of carbonyl (C=O) groups is 2. The van der Waals surface area contributed by atoms with Crippen LogP contribution in [0.5, 0.6) is 0 Å². The van der Waals surface area contributed by atoms with Crippen molar-refractivity contribution in [2.75, 3.05) is 24.7 Å². The van der Waals surface area contributed by atoms with Gasteiger partial charge in [-0.3, -0.25) is 9.59 Å². The Morgan fingerprint density at radius 3 is 1.59 bits per heavy atom. The summed E-state index contributed by atoms with van der Waals surface area (Å²) in [6, 6.07) is -1.85. The van der Waals surface area contributed by atoms with Crippen molar-refractivity contribution in [2.45, 2.75) is 73.5 Å². The Hall–Kier alpha value is -0.641. The Bertz CT molecular complexity index is 777. The molecule has 2 heterocycles. The van der Waals surface area contributed by atoms with Crippen molar-refractivity contribution in [3.8, 4) is 0 Å². The third kappa shape index (κ3) is 14.1. The number of hydrogen-bond donors (Lipinski definition) is 14. The summed E-state index contributed by atoms with van der Waals surface area (Å²) in [5.74, 6) is -1.68. The average Bonchev–Trinajstić information content (AvgIpc) is 2.90. The summed E-state index contributed by atoms with van der Waals surface area (Å²) in [7, 11) is 2.41. The van der Waals surface area contributed by atoms with E-state index in [1.165, 1.54) is 21.6 Å². The van der Waals surface area contributed by atoms with Crippen molar-refractivity contribution < 1.29 is 87.1 Å². The minimum atomic E-state index is -3.29. The quantitative estimate of drug-likeness (QED) is 0.0537. The summed E-state index contributed by atoms with van der Waals surface area (Å²) in [5.41, 5.74) is 10.4. The summed E-state index contributed by atoms with van der Waals surface area (Å²) < 4.78 is 38.4. The molecule has 23 heteroatoms. The Kier molecular flexibility index (Phi) is 20.0. The van der Waals surface area contributed by atoms with E-state index in [1.807, 2.05) is 0 Å². The number of carboxylic acid groups (broad SMARTS) is 2. The maximum Gasteiger partial charge on any atom is 0.187 e. The smallest absolute Gasteiger partial charge is 0.187 e. The summed E-state index contributed by atoms with van der Waals surface area (Å²) in [6.45, 7) is -1.35. The number of carboxylic acids is 2. The molecular formula is C18H36N2O18S2Se. The summed E-state index contributed by atoms with van der Waals surface area (Å²) in [5, 5.41) is 93.3. The molecule has 0 amide bonds. The molecule has 1 unspecified atom stereocenters. The maximum atomic E-state index is 10.3. The first-order chi connectivity index (χ1) is 19.0. The van der Waals surface area contributed by atoms with Crippen molar-refractivity contribution in [2.24, 2.45) is 11.5 Å². The molecule has 0 saturated carbocycles. The van der Waals surface area contributed by atoms with Gasteiger partial charge in [0.2, 0.25) is 0 Å². The number of rotatable bonds is 11. The molecule has 2 aliphatic rings. The van der Waals surface area contributed by atoms with Crippen LogP contribution in [0.1, 0.15) is 0 Å². The van der Waals surface area contributed by atoms with Gasteiger partial charge >= 0.3 is 38.6 Å². The van der Waals surface area contributed by atoms with E-state index in [2.05, 4.69) is 0 Å². The number of hydrogen-bond acceptors (Lipinski definition) is 18. The van der Waals surface area contributed by atoms with Crippen LogP contribution in [0.3, 0.4) is 0 Å². The number of nitrogens with two attached hydrogens (primary N) is 2. The topological polar surface area (TPSA) is 374 Å². The molecule has 0 aromatic carbocycles. The second kappa shape index (κ2) is 20.3. The standard InChI is InChI=1S/C12H22O11.C6H12N2O4S2.H2O3Se/c13-1-3-5(15)6(16)9(19)12(22-3)23-10-4(2-14)21-11(20)8(18)7(10)17;7-3(5(9)10)1-13-14-2-4(8)6(11)12;1-4(2)3/h3-20H,1-2H2;3-4H,1-2,7-8H2,(H,9,10)(H,11,12);(H2,1,2,3)/t3-,4-,5+,6+,7-,8-,9-,10-,11?,12+;3-,4-;/m10./s1. The van der Waals surface area contributed by atoms with Gasteiger partial charge < -0.3 is 76.7 Å². The van der Waals surface area contributed by atoms with Gasteiger partial charge in [0.15, 0.2) is 12.6 Å². The molecule has 0 radical (unpaired) electrons. The zero-order valence-electron chi connectivity index (χ0n) is 21.0. The van der Waals surface area contributed by atoms with Crippen molar-refractivity contribution >= 4 is 48.0 Å². The summed E-state index contributed by atoms with van der Waals surface area (Å²) in [4.78, 5) is 20.5. The SMILES string of the molecule is N[C@@H](CSSC[C@H](N)C(=O)O)C(=O)O.O=[Se](O)O.OC[C@H]1O[C@@H](O[C@H]2[C@H](O)[C@@H](O)C(O)O[C@@H]2CO)[C@H](O)[C@@H](O)[C@H]1O. The largest absolute Gasteiger partial charge is 0.394 e. The molecule has 0 aromatic heterocycles. The van der Waals surface area contributed by atoms with Gasteiger partial charge in [-0.1, -0.05) is 21.6 Å².